The minimum atomic E-state index is -1.49. The molecule has 0 bridgehead atoms. The average Bonchev–Trinajstić information content (AvgIpc) is 3.42. The SMILES string of the molecule is COc1ccc(O)c(C2C3=CCC4C(=O)N(c5ccc(C(=O)O)c(O)c5)C(=O)C4C3CC3C(=O)N(c4ccc(F)c(Cl)c4)C(=O)C32C)c1. The van der Waals surface area contributed by atoms with Crippen molar-refractivity contribution in [1.29, 1.82) is 0 Å². The molecule has 4 amide bonds. The highest BCUT2D eigenvalue weighted by atomic mass is 35.5. The number of allylic oxidation sites excluding steroid dienone is 2. The number of amides is 4. The molecule has 2 heterocycles. The van der Waals surface area contributed by atoms with Gasteiger partial charge in [-0.2, -0.15) is 0 Å². The van der Waals surface area contributed by atoms with Crippen molar-refractivity contribution >= 4 is 52.6 Å². The third-order valence-electron chi connectivity index (χ3n) is 10.5. The highest BCUT2D eigenvalue weighted by Gasteiger charge is 2.68. The Morgan fingerprint density at radius 1 is 0.917 bits per heavy atom. The van der Waals surface area contributed by atoms with Gasteiger partial charge in [-0.3, -0.25) is 19.2 Å². The molecule has 0 radical (unpaired) electrons. The first-order chi connectivity index (χ1) is 22.8. The number of benzene rings is 3. The second-order valence-corrected chi connectivity index (χ2v) is 13.1. The van der Waals surface area contributed by atoms with E-state index in [1.165, 1.54) is 31.4 Å². The third kappa shape index (κ3) is 4.28. The first-order valence-corrected chi connectivity index (χ1v) is 15.5. The summed E-state index contributed by atoms with van der Waals surface area (Å²) in [6.07, 6.45) is 1.92. The number of carboxylic acids is 1. The van der Waals surface area contributed by atoms with Gasteiger partial charge in [0.2, 0.25) is 23.6 Å². The predicted molar refractivity (Wildman–Crippen MR) is 168 cm³/mol. The van der Waals surface area contributed by atoms with E-state index in [0.717, 1.165) is 28.0 Å². The standard InChI is InChI=1S/C35H28ClFN2O9/c1-35-23(31(43)39(34(35)47)15-4-9-25(37)24(36)11-15)14-21-18(29(35)22-13-17(48-2)5-10-26(22)40)7-8-20-28(21)32(44)38(30(20)42)16-3-6-19(33(45)46)27(41)12-16/h3-7,9-13,20-21,23,28-29,40-41H,8,14H2,1-2H3,(H,45,46). The van der Waals surface area contributed by atoms with Crippen LogP contribution < -0.4 is 14.5 Å². The van der Waals surface area contributed by atoms with Crippen LogP contribution in [0.15, 0.2) is 66.2 Å². The summed E-state index contributed by atoms with van der Waals surface area (Å²) >= 11 is 6.04. The molecule has 4 aliphatic rings. The second kappa shape index (κ2) is 10.9. The Morgan fingerprint density at radius 3 is 2.29 bits per heavy atom. The lowest BCUT2D eigenvalue weighted by atomic mass is 9.51. The number of phenols is 2. The van der Waals surface area contributed by atoms with Crippen LogP contribution in [-0.4, -0.2) is 52.0 Å². The summed E-state index contributed by atoms with van der Waals surface area (Å²) in [6, 6.07) is 11.5. The molecule has 0 aromatic heterocycles. The number of aromatic hydroxyl groups is 2. The molecule has 6 atom stereocenters. The number of carbonyl (C=O) groups is 5. The number of ether oxygens (including phenoxy) is 1. The number of hydrogen-bond acceptors (Lipinski definition) is 8. The lowest BCUT2D eigenvalue weighted by molar-refractivity contribution is -0.131. The maximum absolute atomic E-state index is 14.5. The summed E-state index contributed by atoms with van der Waals surface area (Å²) in [5, 5.41) is 30.6. The van der Waals surface area contributed by atoms with Crippen molar-refractivity contribution in [3.63, 3.8) is 0 Å². The summed E-state index contributed by atoms with van der Waals surface area (Å²) in [4.78, 5) is 70.2. The highest BCUT2D eigenvalue weighted by molar-refractivity contribution is 6.32. The number of methoxy groups -OCH3 is 1. The lowest BCUT2D eigenvalue weighted by Gasteiger charge is -2.49. The van der Waals surface area contributed by atoms with Gasteiger partial charge in [0.1, 0.15) is 28.6 Å². The number of nitrogens with zero attached hydrogens (tertiary/aromatic N) is 2. The van der Waals surface area contributed by atoms with Gasteiger partial charge in [-0.05, 0) is 74.2 Å². The molecule has 3 aromatic rings. The summed E-state index contributed by atoms with van der Waals surface area (Å²) in [7, 11) is 1.44. The molecule has 6 unspecified atom stereocenters. The van der Waals surface area contributed by atoms with Crippen molar-refractivity contribution < 1.29 is 48.4 Å². The molecular weight excluding hydrogens is 647 g/mol. The van der Waals surface area contributed by atoms with Gasteiger partial charge < -0.3 is 20.1 Å². The summed E-state index contributed by atoms with van der Waals surface area (Å²) < 4.78 is 19.5. The molecule has 3 N–H and O–H groups in total. The Morgan fingerprint density at radius 2 is 1.62 bits per heavy atom. The zero-order valence-electron chi connectivity index (χ0n) is 25.5. The molecule has 2 aliphatic heterocycles. The van der Waals surface area contributed by atoms with Gasteiger partial charge in [-0.15, -0.1) is 0 Å². The number of carboxylic acid groups (broad SMARTS) is 1. The first-order valence-electron chi connectivity index (χ1n) is 15.1. The number of carbonyl (C=O) groups excluding carboxylic acids is 4. The first kappa shape index (κ1) is 31.4. The van der Waals surface area contributed by atoms with Crippen LogP contribution in [-0.2, 0) is 19.2 Å². The van der Waals surface area contributed by atoms with Crippen LogP contribution in [0.3, 0.4) is 0 Å². The van der Waals surface area contributed by atoms with E-state index in [4.69, 9.17) is 16.3 Å². The Labute approximate surface area is 277 Å². The molecule has 7 rings (SSSR count). The summed E-state index contributed by atoms with van der Waals surface area (Å²) in [5.41, 5.74) is -0.926. The van der Waals surface area contributed by atoms with Crippen molar-refractivity contribution in [2.45, 2.75) is 25.7 Å². The number of halogens is 2. The molecule has 1 saturated carbocycles. The van der Waals surface area contributed by atoms with Crippen LogP contribution in [0, 0.1) is 34.9 Å². The number of aromatic carboxylic acids is 1. The fraction of sp³-hybridized carbons (Fsp3) is 0.286. The van der Waals surface area contributed by atoms with Gasteiger partial charge in [0, 0.05) is 17.5 Å². The number of anilines is 2. The van der Waals surface area contributed by atoms with Crippen LogP contribution in [0.25, 0.3) is 0 Å². The lowest BCUT2D eigenvalue weighted by Crippen LogP contribution is -2.48. The second-order valence-electron chi connectivity index (χ2n) is 12.7. The normalized spacial score (nSPS) is 27.8. The Bertz CT molecular complexity index is 2010. The molecule has 13 heteroatoms. The van der Waals surface area contributed by atoms with Gasteiger partial charge in [0.25, 0.3) is 0 Å². The number of fused-ring (bicyclic) bond motifs is 4. The van der Waals surface area contributed by atoms with E-state index >= 15 is 0 Å². The monoisotopic (exact) mass is 674 g/mol. The number of phenolic OH excluding ortho intramolecular Hbond substituents is 1. The number of hydrogen-bond donors (Lipinski definition) is 3. The molecule has 3 aromatic carbocycles. The van der Waals surface area contributed by atoms with E-state index < -0.39 is 81.7 Å². The smallest absolute Gasteiger partial charge is 0.339 e. The minimum absolute atomic E-state index is 0.00225. The van der Waals surface area contributed by atoms with E-state index in [2.05, 4.69) is 0 Å². The van der Waals surface area contributed by atoms with E-state index in [0.29, 0.717) is 16.9 Å². The fourth-order valence-electron chi connectivity index (χ4n) is 8.21. The quantitative estimate of drug-likeness (QED) is 0.249. The topological polar surface area (TPSA) is 162 Å². The number of rotatable bonds is 5. The van der Waals surface area contributed by atoms with Crippen LogP contribution in [0.2, 0.25) is 5.02 Å². The van der Waals surface area contributed by atoms with Gasteiger partial charge >= 0.3 is 5.97 Å². The average molecular weight is 675 g/mol. The molecule has 2 saturated heterocycles. The Balaban J connectivity index is 1.37. The predicted octanol–water partition coefficient (Wildman–Crippen LogP) is 5.03. The van der Waals surface area contributed by atoms with E-state index in [-0.39, 0.29) is 35.0 Å². The van der Waals surface area contributed by atoms with Crippen molar-refractivity contribution in [3.8, 4) is 17.2 Å². The minimum Gasteiger partial charge on any atom is -0.508 e. The van der Waals surface area contributed by atoms with Crippen molar-refractivity contribution in [1.82, 2.24) is 0 Å². The van der Waals surface area contributed by atoms with Crippen molar-refractivity contribution in [2.24, 2.45) is 29.1 Å². The molecule has 48 heavy (non-hydrogen) atoms. The van der Waals surface area contributed by atoms with Crippen LogP contribution in [0.4, 0.5) is 15.8 Å². The number of imide groups is 2. The largest absolute Gasteiger partial charge is 0.508 e. The molecule has 11 nitrogen and oxygen atoms in total. The maximum atomic E-state index is 14.5. The van der Waals surface area contributed by atoms with Gasteiger partial charge in [0.15, 0.2) is 0 Å². The van der Waals surface area contributed by atoms with Crippen molar-refractivity contribution in [3.05, 3.63) is 88.2 Å². The zero-order chi connectivity index (χ0) is 34.4. The van der Waals surface area contributed by atoms with Gasteiger partial charge in [-0.1, -0.05) is 23.3 Å². The van der Waals surface area contributed by atoms with Crippen molar-refractivity contribution in [2.75, 3.05) is 16.9 Å². The van der Waals surface area contributed by atoms with Gasteiger partial charge in [-0.25, -0.2) is 19.0 Å². The van der Waals surface area contributed by atoms with Gasteiger partial charge in [0.05, 0.1) is 46.7 Å². The van der Waals surface area contributed by atoms with E-state index in [1.807, 2.05) is 0 Å². The Kier molecular flexibility index (Phi) is 7.13. The van der Waals surface area contributed by atoms with Crippen LogP contribution in [0.5, 0.6) is 17.2 Å². The molecule has 0 spiro atoms. The summed E-state index contributed by atoms with van der Waals surface area (Å²) in [5.74, 6) is -9.36. The zero-order valence-corrected chi connectivity index (χ0v) is 26.3. The molecule has 246 valence electrons. The highest BCUT2D eigenvalue weighted by Crippen LogP contribution is 2.64. The summed E-state index contributed by atoms with van der Waals surface area (Å²) in [6.45, 7) is 1.64. The van der Waals surface area contributed by atoms with Crippen LogP contribution in [0.1, 0.15) is 41.6 Å². The third-order valence-corrected chi connectivity index (χ3v) is 10.7. The molecule has 2 aliphatic carbocycles. The van der Waals surface area contributed by atoms with E-state index in [1.54, 1.807) is 25.1 Å². The fourth-order valence-corrected chi connectivity index (χ4v) is 8.39. The maximum Gasteiger partial charge on any atom is 0.339 e. The molecular formula is C35H28ClFN2O9. The van der Waals surface area contributed by atoms with E-state index in [9.17, 15) is 43.7 Å². The van der Waals surface area contributed by atoms with Crippen LogP contribution >= 0.6 is 11.6 Å². The molecule has 3 fully saturated rings. The Hall–Kier alpha value is -5.23.